The Morgan fingerprint density at radius 1 is 1.24 bits per heavy atom. The van der Waals surface area contributed by atoms with Crippen molar-refractivity contribution in [2.75, 3.05) is 12.5 Å². The van der Waals surface area contributed by atoms with Crippen LogP contribution in [0.1, 0.15) is 5.69 Å². The van der Waals surface area contributed by atoms with Crippen LogP contribution in [0.2, 0.25) is 5.02 Å². The summed E-state index contributed by atoms with van der Waals surface area (Å²) in [6.45, 7) is 0. The summed E-state index contributed by atoms with van der Waals surface area (Å²) >= 11 is 5.91. The van der Waals surface area contributed by atoms with Crippen molar-refractivity contribution in [1.29, 1.82) is 0 Å². The van der Waals surface area contributed by atoms with E-state index in [4.69, 9.17) is 16.3 Å². The maximum atomic E-state index is 12.3. The zero-order valence-electron chi connectivity index (χ0n) is 13.1. The summed E-state index contributed by atoms with van der Waals surface area (Å²) in [6.07, 6.45) is 0. The van der Waals surface area contributed by atoms with Crippen LogP contribution in [0.25, 0.3) is 11.0 Å². The average molecular weight is 357 g/mol. The van der Waals surface area contributed by atoms with Gasteiger partial charge in [0.25, 0.3) is 5.56 Å². The third-order valence-electron chi connectivity index (χ3n) is 3.32. The second-order valence-corrected chi connectivity index (χ2v) is 5.44. The molecule has 3 rings (SSSR count). The number of carbonyl (C=O) groups is 1. The van der Waals surface area contributed by atoms with E-state index in [1.807, 2.05) is 0 Å². The van der Waals surface area contributed by atoms with E-state index >= 15 is 0 Å². The van der Waals surface area contributed by atoms with Crippen molar-refractivity contribution in [1.82, 2.24) is 9.97 Å². The number of benzene rings is 2. The van der Waals surface area contributed by atoms with Crippen LogP contribution < -0.4 is 11.0 Å². The maximum Gasteiger partial charge on any atom is 0.360 e. The Labute approximate surface area is 147 Å². The number of nitrogens with one attached hydrogen (secondary N) is 2. The number of anilines is 1. The highest BCUT2D eigenvalue weighted by molar-refractivity contribution is 6.42. The summed E-state index contributed by atoms with van der Waals surface area (Å²) < 4.78 is 4.72. The van der Waals surface area contributed by atoms with Crippen LogP contribution in [0, 0.1) is 0 Å². The number of methoxy groups -OCH3 is 1. The van der Waals surface area contributed by atoms with Crippen LogP contribution in [-0.2, 0) is 9.53 Å². The predicted molar refractivity (Wildman–Crippen MR) is 96.0 cm³/mol. The Bertz CT molecular complexity index is 1030. The number of hydrazone groups is 1. The van der Waals surface area contributed by atoms with Gasteiger partial charge in [0.15, 0.2) is 11.4 Å². The van der Waals surface area contributed by atoms with Crippen LogP contribution in [0.15, 0.2) is 58.4 Å². The molecule has 0 unspecified atom stereocenters. The van der Waals surface area contributed by atoms with Crippen molar-refractivity contribution in [3.63, 3.8) is 0 Å². The zero-order chi connectivity index (χ0) is 17.8. The minimum Gasteiger partial charge on any atom is -0.464 e. The van der Waals surface area contributed by atoms with Gasteiger partial charge in [-0.3, -0.25) is 10.2 Å². The first kappa shape index (κ1) is 16.7. The maximum absolute atomic E-state index is 12.3. The number of hydrogen-bond donors (Lipinski definition) is 2. The number of nitrogens with zero attached hydrogens (tertiary/aromatic N) is 2. The van der Waals surface area contributed by atoms with E-state index in [2.05, 4.69) is 20.5 Å². The highest BCUT2D eigenvalue weighted by Crippen LogP contribution is 2.15. The van der Waals surface area contributed by atoms with Crippen molar-refractivity contribution < 1.29 is 9.53 Å². The molecule has 0 fully saturated rings. The Hall–Kier alpha value is -3.19. The fraction of sp³-hybridized carbons (Fsp3) is 0.0588. The summed E-state index contributed by atoms with van der Waals surface area (Å²) in [6, 6.07) is 13.7. The third kappa shape index (κ3) is 3.67. The predicted octanol–water partition coefficient (Wildman–Crippen LogP) is 2.57. The molecule has 0 aliphatic heterocycles. The number of carbonyl (C=O) groups excluding carboxylic acids is 1. The molecule has 0 atom stereocenters. The van der Waals surface area contributed by atoms with E-state index < -0.39 is 11.5 Å². The second-order valence-electron chi connectivity index (χ2n) is 5.01. The monoisotopic (exact) mass is 356 g/mol. The average Bonchev–Trinajstić information content (AvgIpc) is 2.62. The zero-order valence-corrected chi connectivity index (χ0v) is 13.9. The molecule has 2 N–H and O–H groups in total. The molecule has 0 saturated carbocycles. The molecule has 1 heterocycles. The molecule has 0 saturated heterocycles. The molecule has 0 aliphatic carbocycles. The second kappa shape index (κ2) is 7.14. The van der Waals surface area contributed by atoms with Crippen LogP contribution in [0.3, 0.4) is 0 Å². The van der Waals surface area contributed by atoms with E-state index in [9.17, 15) is 9.59 Å². The Kier molecular flexibility index (Phi) is 4.76. The van der Waals surface area contributed by atoms with Gasteiger partial charge in [0.2, 0.25) is 0 Å². The first-order valence-electron chi connectivity index (χ1n) is 7.25. The SMILES string of the molecule is COC(=O)/C(=N/Nc1cccc(Cl)c1)c1nc2ccccc2[nH]c1=O. The van der Waals surface area contributed by atoms with Crippen molar-refractivity contribution in [2.24, 2.45) is 5.10 Å². The molecule has 7 nitrogen and oxygen atoms in total. The van der Waals surface area contributed by atoms with Gasteiger partial charge in [-0.25, -0.2) is 9.78 Å². The van der Waals surface area contributed by atoms with Gasteiger partial charge in [-0.05, 0) is 30.3 Å². The van der Waals surface area contributed by atoms with E-state index in [1.54, 1.807) is 48.5 Å². The molecular weight excluding hydrogens is 344 g/mol. The molecule has 2 aromatic carbocycles. The van der Waals surface area contributed by atoms with E-state index in [1.165, 1.54) is 7.11 Å². The highest BCUT2D eigenvalue weighted by Gasteiger charge is 2.21. The fourth-order valence-electron chi connectivity index (χ4n) is 2.16. The number of rotatable bonds is 4. The molecule has 0 bridgehead atoms. The number of esters is 1. The van der Waals surface area contributed by atoms with E-state index in [0.717, 1.165) is 0 Å². The molecule has 0 radical (unpaired) electrons. The van der Waals surface area contributed by atoms with Crippen molar-refractivity contribution >= 4 is 40.0 Å². The van der Waals surface area contributed by atoms with Crippen molar-refractivity contribution in [2.45, 2.75) is 0 Å². The van der Waals surface area contributed by atoms with Crippen molar-refractivity contribution in [3.8, 4) is 0 Å². The van der Waals surface area contributed by atoms with Gasteiger partial charge < -0.3 is 9.72 Å². The van der Waals surface area contributed by atoms with Gasteiger partial charge in [0.05, 0.1) is 23.8 Å². The van der Waals surface area contributed by atoms with Gasteiger partial charge in [-0.15, -0.1) is 0 Å². The third-order valence-corrected chi connectivity index (χ3v) is 3.56. The quantitative estimate of drug-likeness (QED) is 0.425. The number of halogens is 1. The number of para-hydroxylation sites is 2. The largest absolute Gasteiger partial charge is 0.464 e. The van der Waals surface area contributed by atoms with Crippen LogP contribution >= 0.6 is 11.6 Å². The summed E-state index contributed by atoms with van der Waals surface area (Å²) in [5.41, 5.74) is 3.39. The lowest BCUT2D eigenvalue weighted by molar-refractivity contribution is -0.132. The molecule has 0 spiro atoms. The lowest BCUT2D eigenvalue weighted by Crippen LogP contribution is -2.28. The number of fused-ring (bicyclic) bond motifs is 1. The molecule has 126 valence electrons. The van der Waals surface area contributed by atoms with Crippen LogP contribution in [0.5, 0.6) is 0 Å². The molecule has 25 heavy (non-hydrogen) atoms. The van der Waals surface area contributed by atoms with Gasteiger partial charge in [-0.1, -0.05) is 29.8 Å². The lowest BCUT2D eigenvalue weighted by atomic mass is 10.2. The summed E-state index contributed by atoms with van der Waals surface area (Å²) in [7, 11) is 1.20. The molecule has 3 aromatic rings. The number of aromatic amines is 1. The summed E-state index contributed by atoms with van der Waals surface area (Å²) in [4.78, 5) is 31.3. The standard InChI is InChI=1S/C17H13ClN4O3/c1-25-17(24)15(22-21-11-6-4-5-10(18)9-11)14-16(23)20-13-8-3-2-7-12(13)19-14/h2-9,21H,1H3,(H,20,23)/b22-15+. The van der Waals surface area contributed by atoms with E-state index in [0.29, 0.717) is 21.7 Å². The Balaban J connectivity index is 2.07. The normalized spacial score (nSPS) is 11.4. The Morgan fingerprint density at radius 3 is 2.80 bits per heavy atom. The Morgan fingerprint density at radius 2 is 2.04 bits per heavy atom. The smallest absolute Gasteiger partial charge is 0.360 e. The highest BCUT2D eigenvalue weighted by atomic mass is 35.5. The first-order valence-corrected chi connectivity index (χ1v) is 7.63. The lowest BCUT2D eigenvalue weighted by Gasteiger charge is -2.06. The topological polar surface area (TPSA) is 96.4 Å². The fourth-order valence-corrected chi connectivity index (χ4v) is 2.35. The van der Waals surface area contributed by atoms with Gasteiger partial charge >= 0.3 is 5.97 Å². The number of ether oxygens (including phenoxy) is 1. The molecule has 0 amide bonds. The molecule has 1 aromatic heterocycles. The molecule has 0 aliphatic rings. The number of hydrogen-bond acceptors (Lipinski definition) is 6. The van der Waals surface area contributed by atoms with Crippen LogP contribution in [0.4, 0.5) is 5.69 Å². The van der Waals surface area contributed by atoms with E-state index in [-0.39, 0.29) is 11.4 Å². The summed E-state index contributed by atoms with van der Waals surface area (Å²) in [5.74, 6) is -0.789. The summed E-state index contributed by atoms with van der Waals surface area (Å²) in [5, 5.41) is 4.50. The minimum absolute atomic E-state index is 0.139. The van der Waals surface area contributed by atoms with Crippen LogP contribution in [-0.4, -0.2) is 28.8 Å². The van der Waals surface area contributed by atoms with Gasteiger partial charge in [-0.2, -0.15) is 5.10 Å². The number of H-pyrrole nitrogens is 1. The molecular formula is C17H13ClN4O3. The molecule has 8 heteroatoms. The minimum atomic E-state index is -0.789. The van der Waals surface area contributed by atoms with Gasteiger partial charge in [0, 0.05) is 5.02 Å². The first-order chi connectivity index (χ1) is 12.1. The number of aromatic nitrogens is 2. The van der Waals surface area contributed by atoms with Gasteiger partial charge in [0.1, 0.15) is 0 Å². The van der Waals surface area contributed by atoms with Crippen molar-refractivity contribution in [3.05, 3.63) is 69.6 Å².